The van der Waals surface area contributed by atoms with Crippen molar-refractivity contribution in [1.29, 1.82) is 0 Å². The maximum Gasteiger partial charge on any atom is 0.119 e. The fourth-order valence-corrected chi connectivity index (χ4v) is 3.36. The number of aliphatic hydroxyl groups is 1. The van der Waals surface area contributed by atoms with E-state index in [1.807, 2.05) is 88.4 Å². The Balaban J connectivity index is 0.00000233. The highest BCUT2D eigenvalue weighted by Crippen LogP contribution is 2.28. The molecule has 4 nitrogen and oxygen atoms in total. The van der Waals surface area contributed by atoms with Crippen LogP contribution in [-0.4, -0.2) is 36.1 Å². The molecule has 0 fully saturated rings. The van der Waals surface area contributed by atoms with Gasteiger partial charge in [0.1, 0.15) is 24.7 Å². The maximum absolute atomic E-state index is 10.5. The van der Waals surface area contributed by atoms with Crippen LogP contribution < -0.4 is 9.47 Å². The minimum Gasteiger partial charge on any atom is -0.491 e. The summed E-state index contributed by atoms with van der Waals surface area (Å²) in [5.74, 6) is 1.59. The average molecular weight is 431 g/mol. The molecule has 2 aromatic carbocycles. The van der Waals surface area contributed by atoms with Gasteiger partial charge in [0.2, 0.25) is 0 Å². The molecule has 2 atom stereocenters. The molecule has 0 saturated heterocycles. The van der Waals surface area contributed by atoms with Gasteiger partial charge in [0.05, 0.1) is 17.8 Å². The second-order valence-electron chi connectivity index (χ2n) is 9.37. The Hall–Kier alpha value is -2.04. The highest BCUT2D eigenvalue weighted by molar-refractivity contribution is 5.21. The van der Waals surface area contributed by atoms with Crippen molar-refractivity contribution in [2.75, 3.05) is 13.2 Å². The first-order valence-electron chi connectivity index (χ1n) is 11.3. The highest BCUT2D eigenvalue weighted by Gasteiger charge is 2.30. The molecule has 0 radical (unpaired) electrons. The molecular formula is C27H42O4. The lowest BCUT2D eigenvalue weighted by molar-refractivity contribution is -0.118. The minimum atomic E-state index is -0.615. The fraction of sp³-hybridized carbons (Fsp3) is 0.556. The van der Waals surface area contributed by atoms with E-state index < -0.39 is 11.7 Å². The third-order valence-electron chi connectivity index (χ3n) is 4.42. The lowest BCUT2D eigenvalue weighted by atomic mass is 9.89. The van der Waals surface area contributed by atoms with Crippen LogP contribution in [-0.2, 0) is 4.74 Å². The van der Waals surface area contributed by atoms with Crippen molar-refractivity contribution < 1.29 is 19.3 Å². The first-order valence-corrected chi connectivity index (χ1v) is 11.3. The molecule has 4 heteroatoms. The van der Waals surface area contributed by atoms with Crippen molar-refractivity contribution >= 4 is 0 Å². The summed E-state index contributed by atoms with van der Waals surface area (Å²) < 4.78 is 18.1. The highest BCUT2D eigenvalue weighted by atomic mass is 16.5. The third kappa shape index (κ3) is 12.4. The molecule has 31 heavy (non-hydrogen) atoms. The number of para-hydroxylation sites is 2. The van der Waals surface area contributed by atoms with E-state index >= 15 is 0 Å². The third-order valence-corrected chi connectivity index (χ3v) is 4.42. The zero-order valence-corrected chi connectivity index (χ0v) is 20.4. The van der Waals surface area contributed by atoms with Crippen LogP contribution in [0.25, 0.3) is 0 Å². The largest absolute Gasteiger partial charge is 0.491 e. The number of rotatable bonds is 11. The van der Waals surface area contributed by atoms with Crippen molar-refractivity contribution in [3.05, 3.63) is 60.7 Å². The van der Waals surface area contributed by atoms with E-state index in [1.165, 1.54) is 0 Å². The lowest BCUT2D eigenvalue weighted by Crippen LogP contribution is -2.39. The van der Waals surface area contributed by atoms with Gasteiger partial charge in [-0.1, -0.05) is 71.0 Å². The van der Waals surface area contributed by atoms with E-state index in [0.717, 1.165) is 17.9 Å². The van der Waals surface area contributed by atoms with E-state index in [0.29, 0.717) is 13.0 Å². The van der Waals surface area contributed by atoms with Crippen LogP contribution in [0.1, 0.15) is 61.3 Å². The molecule has 2 aromatic rings. The average Bonchev–Trinajstić information content (AvgIpc) is 2.72. The molecule has 0 amide bonds. The smallest absolute Gasteiger partial charge is 0.119 e. The molecule has 0 aromatic heterocycles. The molecule has 2 rings (SSSR count). The van der Waals surface area contributed by atoms with Gasteiger partial charge in [-0.2, -0.15) is 0 Å². The van der Waals surface area contributed by atoms with E-state index in [4.69, 9.17) is 14.2 Å². The molecule has 0 bridgehead atoms. The molecule has 0 saturated carbocycles. The number of hydrogen-bond donors (Lipinski definition) is 1. The number of aliphatic hydroxyl groups excluding tert-OH is 1. The van der Waals surface area contributed by atoms with Crippen LogP contribution in [0.3, 0.4) is 0 Å². The molecule has 2 unspecified atom stereocenters. The Kier molecular flexibility index (Phi) is 11.7. The number of ether oxygens (including phenoxy) is 3. The van der Waals surface area contributed by atoms with Gasteiger partial charge in [-0.25, -0.2) is 0 Å². The summed E-state index contributed by atoms with van der Waals surface area (Å²) in [5.41, 5.74) is -0.398. The Morgan fingerprint density at radius 1 is 0.710 bits per heavy atom. The van der Waals surface area contributed by atoms with Gasteiger partial charge in [0.25, 0.3) is 0 Å². The second-order valence-corrected chi connectivity index (χ2v) is 9.37. The summed E-state index contributed by atoms with van der Waals surface area (Å²) >= 11 is 0. The number of benzene rings is 2. The van der Waals surface area contributed by atoms with Crippen molar-refractivity contribution in [1.82, 2.24) is 0 Å². The van der Waals surface area contributed by atoms with Gasteiger partial charge in [0, 0.05) is 6.42 Å². The monoisotopic (exact) mass is 430 g/mol. The van der Waals surface area contributed by atoms with Gasteiger partial charge < -0.3 is 19.3 Å². The molecule has 0 aliphatic rings. The normalized spacial score (nSPS) is 13.5. The van der Waals surface area contributed by atoms with Crippen molar-refractivity contribution in [2.45, 2.75) is 79.1 Å². The van der Waals surface area contributed by atoms with E-state index in [1.54, 1.807) is 0 Å². The van der Waals surface area contributed by atoms with Gasteiger partial charge >= 0.3 is 0 Å². The zero-order chi connectivity index (χ0) is 23.3. The van der Waals surface area contributed by atoms with Crippen LogP contribution in [0.2, 0.25) is 0 Å². The van der Waals surface area contributed by atoms with Gasteiger partial charge in [-0.05, 0) is 49.9 Å². The summed E-state index contributed by atoms with van der Waals surface area (Å²) in [5, 5.41) is 10.5. The van der Waals surface area contributed by atoms with Crippen LogP contribution in [0, 0.1) is 5.41 Å². The van der Waals surface area contributed by atoms with Crippen LogP contribution in [0.15, 0.2) is 60.7 Å². The summed E-state index contributed by atoms with van der Waals surface area (Å²) in [7, 11) is 0. The first-order chi connectivity index (χ1) is 14.6. The summed E-state index contributed by atoms with van der Waals surface area (Å²) in [6.45, 7) is 15.3. The van der Waals surface area contributed by atoms with Gasteiger partial charge in [-0.15, -0.1) is 0 Å². The maximum atomic E-state index is 10.5. The van der Waals surface area contributed by atoms with E-state index in [9.17, 15) is 5.11 Å². The molecule has 0 heterocycles. The standard InChI is InChI=1S/C25H36O4.C2H6/c1-24(2,3)17-23(19-28-22-14-10-7-11-15-22)29-25(4,5)16-20(26)18-27-21-12-8-6-9-13-21;1-2/h6-15,20,23,26H,16-19H2,1-5H3;1-2H3. The molecule has 174 valence electrons. The van der Waals surface area contributed by atoms with Gasteiger partial charge in [-0.3, -0.25) is 0 Å². The Bertz CT molecular complexity index is 692. The Morgan fingerprint density at radius 2 is 1.16 bits per heavy atom. The van der Waals surface area contributed by atoms with Crippen molar-refractivity contribution in [3.63, 3.8) is 0 Å². The molecule has 1 N–H and O–H groups in total. The molecular weight excluding hydrogens is 388 g/mol. The molecule has 0 aliphatic heterocycles. The summed E-state index contributed by atoms with van der Waals surface area (Å²) in [6.07, 6.45) is 0.647. The number of hydrogen-bond acceptors (Lipinski definition) is 4. The predicted octanol–water partition coefficient (Wildman–Crippen LogP) is 6.52. The van der Waals surface area contributed by atoms with E-state index in [-0.39, 0.29) is 18.1 Å². The van der Waals surface area contributed by atoms with Crippen molar-refractivity contribution in [2.24, 2.45) is 5.41 Å². The van der Waals surface area contributed by atoms with Crippen LogP contribution in [0.5, 0.6) is 11.5 Å². The Labute approximate surface area is 189 Å². The lowest BCUT2D eigenvalue weighted by Gasteiger charge is -2.35. The first kappa shape index (κ1) is 27.0. The zero-order valence-electron chi connectivity index (χ0n) is 20.4. The van der Waals surface area contributed by atoms with Crippen LogP contribution in [0.4, 0.5) is 0 Å². The van der Waals surface area contributed by atoms with Gasteiger partial charge in [0.15, 0.2) is 0 Å². The molecule has 0 aliphatic carbocycles. The fourth-order valence-electron chi connectivity index (χ4n) is 3.36. The quantitative estimate of drug-likeness (QED) is 0.441. The summed E-state index contributed by atoms with van der Waals surface area (Å²) in [6, 6.07) is 19.3. The summed E-state index contributed by atoms with van der Waals surface area (Å²) in [4.78, 5) is 0. The van der Waals surface area contributed by atoms with Crippen LogP contribution >= 0.6 is 0 Å². The second kappa shape index (κ2) is 13.4. The minimum absolute atomic E-state index is 0.0764. The Morgan fingerprint density at radius 3 is 1.61 bits per heavy atom. The van der Waals surface area contributed by atoms with E-state index in [2.05, 4.69) is 20.8 Å². The molecule has 0 spiro atoms. The SMILES string of the molecule is CC.CC(C)(C)CC(COc1ccccc1)OC(C)(C)CC(O)COc1ccccc1. The van der Waals surface area contributed by atoms with Crippen molar-refractivity contribution in [3.8, 4) is 11.5 Å². The topological polar surface area (TPSA) is 47.9 Å². The predicted molar refractivity (Wildman–Crippen MR) is 129 cm³/mol.